The van der Waals surface area contributed by atoms with E-state index in [0.29, 0.717) is 35.4 Å². The first kappa shape index (κ1) is 22.8. The summed E-state index contributed by atoms with van der Waals surface area (Å²) in [6.45, 7) is -0.274. The van der Waals surface area contributed by atoms with Gasteiger partial charge in [0.25, 0.3) is 0 Å². The number of hydrogen-bond acceptors (Lipinski definition) is 7. The smallest absolute Gasteiger partial charge is 0.395 e. The van der Waals surface area contributed by atoms with E-state index in [9.17, 15) is 26.7 Å². The van der Waals surface area contributed by atoms with Crippen LogP contribution in [0.3, 0.4) is 0 Å². The average Bonchev–Trinajstić information content (AvgIpc) is 3.18. The Morgan fingerprint density at radius 3 is 2.53 bits per heavy atom. The summed E-state index contributed by atoms with van der Waals surface area (Å²) in [5.41, 5.74) is -1.17. The molecule has 2 aromatic rings. The van der Waals surface area contributed by atoms with Crippen molar-refractivity contribution in [2.45, 2.75) is 36.5 Å². The Kier molecular flexibility index (Phi) is 6.65. The zero-order valence-corrected chi connectivity index (χ0v) is 18.2. The highest BCUT2D eigenvalue weighted by atomic mass is 79.9. The van der Waals surface area contributed by atoms with Gasteiger partial charge in [0.1, 0.15) is 16.5 Å². The van der Waals surface area contributed by atoms with E-state index in [1.165, 1.54) is 24.3 Å². The lowest BCUT2D eigenvalue weighted by Crippen LogP contribution is -2.38. The molecule has 3 rings (SSSR count). The molecule has 1 unspecified atom stereocenters. The second-order valence-corrected chi connectivity index (χ2v) is 9.59. The Bertz CT molecular complexity index is 1000. The standard InChI is InChI=1S/C17H19BrF3N5O3S/c1-25(9-15-22-7-12(18)8-23-15)16-14(5-11(6-24-16)17(19,20)21)30(28,29)26-4-2-3-13(26)10-27/h5-8,13,27H,2-4,9-10H2,1H3. The Labute approximate surface area is 179 Å². The summed E-state index contributed by atoms with van der Waals surface area (Å²) in [5, 5.41) is 9.49. The molecule has 0 radical (unpaired) electrons. The second-order valence-electron chi connectivity index (χ2n) is 6.81. The fraction of sp³-hybridized carbons (Fsp3) is 0.471. The van der Waals surface area contributed by atoms with Gasteiger partial charge in [-0.1, -0.05) is 0 Å². The van der Waals surface area contributed by atoms with E-state index in [1.807, 2.05) is 0 Å². The van der Waals surface area contributed by atoms with Gasteiger partial charge in [-0.15, -0.1) is 0 Å². The maximum atomic E-state index is 13.3. The topological polar surface area (TPSA) is 99.5 Å². The van der Waals surface area contributed by atoms with E-state index in [2.05, 4.69) is 30.9 Å². The van der Waals surface area contributed by atoms with Gasteiger partial charge in [0.15, 0.2) is 0 Å². The van der Waals surface area contributed by atoms with Crippen molar-refractivity contribution in [3.63, 3.8) is 0 Å². The van der Waals surface area contributed by atoms with Crippen LogP contribution < -0.4 is 4.90 Å². The van der Waals surface area contributed by atoms with Gasteiger partial charge in [-0.25, -0.2) is 23.4 Å². The molecule has 1 atom stereocenters. The van der Waals surface area contributed by atoms with Gasteiger partial charge in [-0.2, -0.15) is 17.5 Å². The summed E-state index contributed by atoms with van der Waals surface area (Å²) in [6, 6.07) is -0.0962. The third-order valence-electron chi connectivity index (χ3n) is 4.69. The van der Waals surface area contributed by atoms with Crippen LogP contribution >= 0.6 is 15.9 Å². The van der Waals surface area contributed by atoms with Crippen molar-refractivity contribution in [2.24, 2.45) is 0 Å². The van der Waals surface area contributed by atoms with Crippen molar-refractivity contribution < 1.29 is 26.7 Å². The molecule has 3 heterocycles. The summed E-state index contributed by atoms with van der Waals surface area (Å²) < 4.78 is 68.0. The largest absolute Gasteiger partial charge is 0.417 e. The van der Waals surface area contributed by atoms with Crippen LogP contribution in [0.15, 0.2) is 34.0 Å². The lowest BCUT2D eigenvalue weighted by atomic mass is 10.2. The van der Waals surface area contributed by atoms with Crippen molar-refractivity contribution in [3.8, 4) is 0 Å². The molecule has 0 amide bonds. The first-order valence-electron chi connectivity index (χ1n) is 8.91. The first-order chi connectivity index (χ1) is 14.0. The number of rotatable bonds is 6. The lowest BCUT2D eigenvalue weighted by molar-refractivity contribution is -0.138. The average molecular weight is 510 g/mol. The van der Waals surface area contributed by atoms with Crippen LogP contribution in [0, 0.1) is 0 Å². The minimum absolute atomic E-state index is 0.0254. The number of aliphatic hydroxyl groups excluding tert-OH is 1. The van der Waals surface area contributed by atoms with Crippen molar-refractivity contribution in [2.75, 3.05) is 25.1 Å². The Morgan fingerprint density at radius 2 is 1.93 bits per heavy atom. The molecule has 2 aromatic heterocycles. The fourth-order valence-corrected chi connectivity index (χ4v) is 5.32. The molecule has 0 saturated carbocycles. The Balaban J connectivity index is 2.05. The molecule has 30 heavy (non-hydrogen) atoms. The number of anilines is 1. The summed E-state index contributed by atoms with van der Waals surface area (Å²) in [6.07, 6.45) is -0.214. The van der Waals surface area contributed by atoms with Gasteiger partial charge in [0, 0.05) is 38.2 Å². The van der Waals surface area contributed by atoms with Crippen LogP contribution in [-0.2, 0) is 22.7 Å². The van der Waals surface area contributed by atoms with Crippen LogP contribution in [0.1, 0.15) is 24.2 Å². The van der Waals surface area contributed by atoms with Gasteiger partial charge in [-0.3, -0.25) is 0 Å². The predicted octanol–water partition coefficient (Wildman–Crippen LogP) is 2.43. The van der Waals surface area contributed by atoms with Crippen molar-refractivity contribution in [3.05, 3.63) is 40.5 Å². The molecule has 13 heteroatoms. The minimum atomic E-state index is -4.76. The van der Waals surface area contributed by atoms with E-state index < -0.39 is 39.3 Å². The number of aromatic nitrogens is 3. The van der Waals surface area contributed by atoms with Crippen LogP contribution in [0.4, 0.5) is 19.0 Å². The van der Waals surface area contributed by atoms with Crippen molar-refractivity contribution >= 4 is 31.8 Å². The van der Waals surface area contributed by atoms with Crippen LogP contribution in [-0.4, -0.2) is 59.0 Å². The number of hydrogen-bond donors (Lipinski definition) is 1. The Hall–Kier alpha value is -1.83. The fourth-order valence-electron chi connectivity index (χ4n) is 3.21. The normalized spacial score (nSPS) is 18.0. The molecular formula is C17H19BrF3N5O3S. The van der Waals surface area contributed by atoms with Crippen LogP contribution in [0.25, 0.3) is 0 Å². The summed E-state index contributed by atoms with van der Waals surface area (Å²) in [4.78, 5) is 12.8. The van der Waals surface area contributed by atoms with E-state index in [0.717, 1.165) is 4.31 Å². The van der Waals surface area contributed by atoms with E-state index in [4.69, 9.17) is 0 Å². The first-order valence-corrected chi connectivity index (χ1v) is 11.1. The SMILES string of the molecule is CN(Cc1ncc(Br)cn1)c1ncc(C(F)(F)F)cc1S(=O)(=O)N1CCCC1CO. The zero-order chi connectivity index (χ0) is 22.1. The minimum Gasteiger partial charge on any atom is -0.395 e. The maximum absolute atomic E-state index is 13.3. The highest BCUT2D eigenvalue weighted by molar-refractivity contribution is 9.10. The highest BCUT2D eigenvalue weighted by Gasteiger charge is 2.39. The van der Waals surface area contributed by atoms with Gasteiger partial charge < -0.3 is 10.0 Å². The molecule has 0 spiro atoms. The van der Waals surface area contributed by atoms with Crippen molar-refractivity contribution in [1.82, 2.24) is 19.3 Å². The molecule has 8 nitrogen and oxygen atoms in total. The van der Waals surface area contributed by atoms with E-state index in [1.54, 1.807) is 0 Å². The van der Waals surface area contributed by atoms with E-state index >= 15 is 0 Å². The van der Waals surface area contributed by atoms with Crippen molar-refractivity contribution in [1.29, 1.82) is 0 Å². The number of pyridine rings is 1. The highest BCUT2D eigenvalue weighted by Crippen LogP contribution is 2.36. The Morgan fingerprint density at radius 1 is 1.27 bits per heavy atom. The molecule has 1 fully saturated rings. The van der Waals surface area contributed by atoms with Gasteiger partial charge in [0.05, 0.1) is 23.2 Å². The molecule has 1 aliphatic heterocycles. The molecule has 0 aromatic carbocycles. The zero-order valence-electron chi connectivity index (χ0n) is 15.8. The third-order valence-corrected chi connectivity index (χ3v) is 7.06. The van der Waals surface area contributed by atoms with Gasteiger partial charge >= 0.3 is 6.18 Å². The number of nitrogens with zero attached hydrogens (tertiary/aromatic N) is 5. The van der Waals surface area contributed by atoms with Gasteiger partial charge in [0.2, 0.25) is 10.0 Å². The van der Waals surface area contributed by atoms with Crippen LogP contribution in [0.5, 0.6) is 0 Å². The number of alkyl halides is 3. The monoisotopic (exact) mass is 509 g/mol. The predicted molar refractivity (Wildman–Crippen MR) is 105 cm³/mol. The third kappa shape index (κ3) is 4.74. The molecule has 0 aliphatic carbocycles. The number of halogens is 4. The lowest BCUT2D eigenvalue weighted by Gasteiger charge is -2.26. The molecule has 1 aliphatic rings. The number of aliphatic hydroxyl groups is 1. The summed E-state index contributed by atoms with van der Waals surface area (Å²) in [5.74, 6) is 0.179. The van der Waals surface area contributed by atoms with Crippen LogP contribution in [0.2, 0.25) is 0 Å². The second kappa shape index (κ2) is 8.73. The van der Waals surface area contributed by atoms with Gasteiger partial charge in [-0.05, 0) is 34.8 Å². The molecule has 164 valence electrons. The maximum Gasteiger partial charge on any atom is 0.417 e. The number of sulfonamides is 1. The summed E-state index contributed by atoms with van der Waals surface area (Å²) in [7, 11) is -2.84. The van der Waals surface area contributed by atoms with E-state index in [-0.39, 0.29) is 18.9 Å². The molecule has 1 N–H and O–H groups in total. The molecule has 0 bridgehead atoms. The molecule has 1 saturated heterocycles. The summed E-state index contributed by atoms with van der Waals surface area (Å²) >= 11 is 3.21. The molecular weight excluding hydrogens is 491 g/mol. The quantitative estimate of drug-likeness (QED) is 0.638.